The van der Waals surface area contributed by atoms with Crippen LogP contribution in [-0.2, 0) is 14.9 Å². The molecule has 3 aromatic rings. The van der Waals surface area contributed by atoms with Gasteiger partial charge in [0.15, 0.2) is 5.70 Å². The molecule has 0 aliphatic carbocycles. The number of aliphatic imine (C=N–C) groups is 1. The van der Waals surface area contributed by atoms with Gasteiger partial charge in [0, 0.05) is 5.56 Å². The summed E-state index contributed by atoms with van der Waals surface area (Å²) in [5.41, 5.74) is 4.49. The summed E-state index contributed by atoms with van der Waals surface area (Å²) in [7, 11) is 0. The van der Waals surface area contributed by atoms with Crippen molar-refractivity contribution in [1.29, 1.82) is 0 Å². The third kappa shape index (κ3) is 5.26. The van der Waals surface area contributed by atoms with Gasteiger partial charge in [-0.25, -0.2) is 14.6 Å². The molecule has 5 heteroatoms. The summed E-state index contributed by atoms with van der Waals surface area (Å²) in [6, 6.07) is 21.9. The number of cyclic esters (lactones) is 1. The Bertz CT molecular complexity index is 1240. The molecule has 1 heterocycles. The SMILES string of the molecule is Cc1ccc(C(=O)Oc2ccc(/C=C3\N=C(c4ccc(C(C)(C)C)cc4)OC3=O)cc2)cc1. The fourth-order valence-electron chi connectivity index (χ4n) is 3.29. The maximum atomic E-state index is 12.3. The summed E-state index contributed by atoms with van der Waals surface area (Å²) >= 11 is 0. The molecule has 4 rings (SSSR count). The van der Waals surface area contributed by atoms with E-state index < -0.39 is 11.9 Å². The van der Waals surface area contributed by atoms with Crippen molar-refractivity contribution in [3.63, 3.8) is 0 Å². The second-order valence-electron chi connectivity index (χ2n) is 8.99. The van der Waals surface area contributed by atoms with Gasteiger partial charge in [-0.3, -0.25) is 0 Å². The number of carbonyl (C=O) groups excluding carboxylic acids is 2. The molecule has 33 heavy (non-hydrogen) atoms. The number of ether oxygens (including phenoxy) is 2. The van der Waals surface area contributed by atoms with Crippen molar-refractivity contribution in [1.82, 2.24) is 0 Å². The van der Waals surface area contributed by atoms with Crippen LogP contribution in [0.1, 0.15) is 53.4 Å². The average molecular weight is 440 g/mol. The first-order valence-corrected chi connectivity index (χ1v) is 10.7. The van der Waals surface area contributed by atoms with Crippen LogP contribution < -0.4 is 4.74 Å². The molecular weight excluding hydrogens is 414 g/mol. The van der Waals surface area contributed by atoms with Gasteiger partial charge in [0.05, 0.1) is 5.56 Å². The van der Waals surface area contributed by atoms with Crippen molar-refractivity contribution >= 4 is 23.9 Å². The Balaban J connectivity index is 1.47. The summed E-state index contributed by atoms with van der Waals surface area (Å²) < 4.78 is 10.8. The molecule has 0 saturated carbocycles. The predicted octanol–water partition coefficient (Wildman–Crippen LogP) is 5.86. The van der Waals surface area contributed by atoms with E-state index in [1.165, 1.54) is 5.56 Å². The molecule has 5 nitrogen and oxygen atoms in total. The molecule has 0 saturated heterocycles. The molecule has 0 spiro atoms. The molecule has 1 aliphatic heterocycles. The molecule has 0 unspecified atom stereocenters. The zero-order chi connectivity index (χ0) is 23.6. The number of rotatable bonds is 4. The van der Waals surface area contributed by atoms with Crippen molar-refractivity contribution in [2.45, 2.75) is 33.1 Å². The van der Waals surface area contributed by atoms with Gasteiger partial charge < -0.3 is 9.47 Å². The third-order valence-electron chi connectivity index (χ3n) is 5.30. The lowest BCUT2D eigenvalue weighted by Crippen LogP contribution is -2.11. The standard InChI is InChI=1S/C28H25NO4/c1-18-5-9-21(10-6-18)26(30)32-23-15-7-19(8-16-23)17-24-27(31)33-25(29-24)20-11-13-22(14-12-20)28(2,3)4/h5-17H,1-4H3/b24-17-. The molecule has 0 bridgehead atoms. The number of hydrogen-bond acceptors (Lipinski definition) is 5. The minimum Gasteiger partial charge on any atom is -0.423 e. The lowest BCUT2D eigenvalue weighted by molar-refractivity contribution is -0.129. The zero-order valence-electron chi connectivity index (χ0n) is 19.1. The van der Waals surface area contributed by atoms with Gasteiger partial charge >= 0.3 is 11.9 Å². The lowest BCUT2D eigenvalue weighted by Gasteiger charge is -2.18. The molecule has 0 atom stereocenters. The Labute approximate surface area is 193 Å². The highest BCUT2D eigenvalue weighted by Crippen LogP contribution is 2.25. The van der Waals surface area contributed by atoms with Crippen LogP contribution in [-0.4, -0.2) is 17.8 Å². The van der Waals surface area contributed by atoms with Crippen LogP contribution in [0.5, 0.6) is 5.75 Å². The zero-order valence-corrected chi connectivity index (χ0v) is 19.1. The van der Waals surface area contributed by atoms with Crippen LogP contribution in [0.4, 0.5) is 0 Å². The average Bonchev–Trinajstić information content (AvgIpc) is 3.15. The summed E-state index contributed by atoms with van der Waals surface area (Å²) in [4.78, 5) is 28.9. The highest BCUT2D eigenvalue weighted by molar-refractivity contribution is 6.12. The second kappa shape index (κ2) is 8.87. The van der Waals surface area contributed by atoms with Crippen molar-refractivity contribution in [2.75, 3.05) is 0 Å². The lowest BCUT2D eigenvalue weighted by atomic mass is 9.87. The van der Waals surface area contributed by atoms with E-state index in [0.717, 1.165) is 16.7 Å². The third-order valence-corrected chi connectivity index (χ3v) is 5.30. The van der Waals surface area contributed by atoms with Gasteiger partial charge in [0.25, 0.3) is 0 Å². The van der Waals surface area contributed by atoms with Crippen LogP contribution in [0.25, 0.3) is 6.08 Å². The summed E-state index contributed by atoms with van der Waals surface area (Å²) in [6.45, 7) is 8.39. The highest BCUT2D eigenvalue weighted by Gasteiger charge is 2.24. The van der Waals surface area contributed by atoms with E-state index in [0.29, 0.717) is 11.3 Å². The van der Waals surface area contributed by atoms with Gasteiger partial charge in [0.1, 0.15) is 5.75 Å². The molecule has 0 N–H and O–H groups in total. The van der Waals surface area contributed by atoms with E-state index >= 15 is 0 Å². The summed E-state index contributed by atoms with van der Waals surface area (Å²) in [5, 5.41) is 0. The molecule has 0 amide bonds. The highest BCUT2D eigenvalue weighted by atomic mass is 16.6. The molecule has 0 aromatic heterocycles. The van der Waals surface area contributed by atoms with Gasteiger partial charge in [-0.2, -0.15) is 0 Å². The topological polar surface area (TPSA) is 65.0 Å². The minimum absolute atomic E-state index is 0.0401. The van der Waals surface area contributed by atoms with Gasteiger partial charge in [-0.15, -0.1) is 0 Å². The first-order valence-electron chi connectivity index (χ1n) is 10.7. The second-order valence-corrected chi connectivity index (χ2v) is 8.99. The Hall–Kier alpha value is -3.99. The number of carbonyl (C=O) groups is 2. The van der Waals surface area contributed by atoms with Crippen molar-refractivity contribution in [3.8, 4) is 5.75 Å². The molecule has 166 valence electrons. The quantitative estimate of drug-likeness (QED) is 0.290. The summed E-state index contributed by atoms with van der Waals surface area (Å²) in [6.07, 6.45) is 1.64. The summed E-state index contributed by atoms with van der Waals surface area (Å²) in [5.74, 6) is -0.220. The van der Waals surface area contributed by atoms with Crippen LogP contribution in [0, 0.1) is 6.92 Å². The number of nitrogens with zero attached hydrogens (tertiary/aromatic N) is 1. The number of hydrogen-bond donors (Lipinski definition) is 0. The molecule has 1 aliphatic rings. The van der Waals surface area contributed by atoms with E-state index in [-0.39, 0.29) is 17.0 Å². The largest absolute Gasteiger partial charge is 0.423 e. The fourth-order valence-corrected chi connectivity index (χ4v) is 3.29. The van der Waals surface area contributed by atoms with Gasteiger partial charge in [-0.1, -0.05) is 62.7 Å². The van der Waals surface area contributed by atoms with Crippen LogP contribution >= 0.6 is 0 Å². The molecule has 0 fully saturated rings. The normalized spacial score (nSPS) is 14.7. The predicted molar refractivity (Wildman–Crippen MR) is 128 cm³/mol. The maximum Gasteiger partial charge on any atom is 0.363 e. The number of aryl methyl sites for hydroxylation is 1. The van der Waals surface area contributed by atoms with E-state index in [9.17, 15) is 9.59 Å². The van der Waals surface area contributed by atoms with Gasteiger partial charge in [0.2, 0.25) is 5.90 Å². The Kier molecular flexibility index (Phi) is 5.97. The first-order chi connectivity index (χ1) is 15.7. The smallest absolute Gasteiger partial charge is 0.363 e. The van der Waals surface area contributed by atoms with E-state index in [1.807, 2.05) is 43.3 Å². The first kappa shape index (κ1) is 22.2. The Morgan fingerprint density at radius 1 is 0.909 bits per heavy atom. The van der Waals surface area contributed by atoms with Crippen LogP contribution in [0.2, 0.25) is 0 Å². The van der Waals surface area contributed by atoms with E-state index in [2.05, 4.69) is 25.8 Å². The monoisotopic (exact) mass is 439 g/mol. The molecular formula is C28H25NO4. The Morgan fingerprint density at radius 3 is 2.15 bits per heavy atom. The molecule has 0 radical (unpaired) electrons. The number of benzene rings is 3. The number of esters is 2. The fraction of sp³-hybridized carbons (Fsp3) is 0.179. The van der Waals surface area contributed by atoms with Crippen molar-refractivity contribution < 1.29 is 19.1 Å². The van der Waals surface area contributed by atoms with Crippen molar-refractivity contribution in [2.24, 2.45) is 4.99 Å². The minimum atomic E-state index is -0.500. The molecule has 3 aromatic carbocycles. The maximum absolute atomic E-state index is 12.3. The van der Waals surface area contributed by atoms with E-state index in [4.69, 9.17) is 9.47 Å². The van der Waals surface area contributed by atoms with Crippen LogP contribution in [0.3, 0.4) is 0 Å². The van der Waals surface area contributed by atoms with E-state index in [1.54, 1.807) is 42.5 Å². The van der Waals surface area contributed by atoms with Crippen LogP contribution in [0.15, 0.2) is 83.5 Å². The van der Waals surface area contributed by atoms with Gasteiger partial charge in [-0.05, 0) is 65.9 Å². The van der Waals surface area contributed by atoms with Crippen molar-refractivity contribution in [3.05, 3.63) is 106 Å². The Morgan fingerprint density at radius 2 is 1.55 bits per heavy atom.